The van der Waals surface area contributed by atoms with Crippen molar-refractivity contribution in [3.8, 4) is 22.6 Å². The highest BCUT2D eigenvalue weighted by Crippen LogP contribution is 2.35. The van der Waals surface area contributed by atoms with Crippen LogP contribution >= 0.6 is 0 Å². The maximum Gasteiger partial charge on any atom is 0.231 e. The van der Waals surface area contributed by atoms with Gasteiger partial charge in [-0.25, -0.2) is 0 Å². The van der Waals surface area contributed by atoms with Gasteiger partial charge in [-0.15, -0.1) is 0 Å². The Morgan fingerprint density at radius 3 is 2.42 bits per heavy atom. The lowest BCUT2D eigenvalue weighted by Gasteiger charge is -2.15. The zero-order valence-electron chi connectivity index (χ0n) is 13.7. The van der Waals surface area contributed by atoms with E-state index in [1.807, 2.05) is 23.1 Å². The number of carbonyl (C=O) groups is 1. The van der Waals surface area contributed by atoms with E-state index in [1.165, 1.54) is 5.56 Å². The third kappa shape index (κ3) is 3.09. The van der Waals surface area contributed by atoms with Gasteiger partial charge in [-0.1, -0.05) is 30.3 Å². The third-order valence-corrected chi connectivity index (χ3v) is 4.75. The van der Waals surface area contributed by atoms with Crippen molar-refractivity contribution < 1.29 is 14.3 Å². The maximum absolute atomic E-state index is 12.1. The van der Waals surface area contributed by atoms with Crippen LogP contribution in [0.3, 0.4) is 0 Å². The van der Waals surface area contributed by atoms with E-state index in [1.54, 1.807) is 0 Å². The van der Waals surface area contributed by atoms with Gasteiger partial charge < -0.3 is 14.4 Å². The molecule has 0 unspecified atom stereocenters. The predicted molar refractivity (Wildman–Crippen MR) is 92.1 cm³/mol. The van der Waals surface area contributed by atoms with Gasteiger partial charge in [-0.3, -0.25) is 4.79 Å². The minimum absolute atomic E-state index is 0.285. The van der Waals surface area contributed by atoms with E-state index in [9.17, 15) is 4.79 Å². The van der Waals surface area contributed by atoms with Crippen LogP contribution in [0.25, 0.3) is 11.1 Å². The molecule has 0 radical (unpaired) electrons. The number of fused-ring (bicyclic) bond motifs is 1. The number of carbonyl (C=O) groups excluding carboxylic acids is 1. The lowest BCUT2D eigenvalue weighted by atomic mass is 10.0. The Labute approximate surface area is 142 Å². The second-order valence-corrected chi connectivity index (χ2v) is 6.35. The maximum atomic E-state index is 12.1. The van der Waals surface area contributed by atoms with Crippen molar-refractivity contribution in [2.75, 3.05) is 19.9 Å². The highest BCUT2D eigenvalue weighted by Gasteiger charge is 2.17. The van der Waals surface area contributed by atoms with Crippen molar-refractivity contribution >= 4 is 5.91 Å². The van der Waals surface area contributed by atoms with E-state index in [-0.39, 0.29) is 5.91 Å². The number of rotatable bonds is 4. The second kappa shape index (κ2) is 6.56. The van der Waals surface area contributed by atoms with Crippen LogP contribution in [0.2, 0.25) is 0 Å². The molecule has 2 aliphatic rings. The Hall–Kier alpha value is -2.49. The molecular weight excluding hydrogens is 302 g/mol. The number of nitrogens with zero attached hydrogens (tertiary/aromatic N) is 1. The van der Waals surface area contributed by atoms with Crippen LogP contribution in [0, 0.1) is 0 Å². The number of aryl methyl sites for hydroxylation is 1. The largest absolute Gasteiger partial charge is 0.454 e. The van der Waals surface area contributed by atoms with Crippen LogP contribution in [0.1, 0.15) is 24.8 Å². The Morgan fingerprint density at radius 1 is 0.917 bits per heavy atom. The Bertz CT molecular complexity index is 733. The minimum atomic E-state index is 0.285. The van der Waals surface area contributed by atoms with Crippen molar-refractivity contribution in [1.82, 2.24) is 4.90 Å². The highest BCUT2D eigenvalue weighted by molar-refractivity contribution is 5.76. The van der Waals surface area contributed by atoms with Gasteiger partial charge in [0.15, 0.2) is 11.5 Å². The number of benzene rings is 2. The fourth-order valence-electron chi connectivity index (χ4n) is 3.32. The molecule has 2 aliphatic heterocycles. The SMILES string of the molecule is O=C(CCc1ccc(-c2ccc3c(c2)OCO3)cc1)N1CCCC1. The molecule has 2 heterocycles. The topological polar surface area (TPSA) is 38.8 Å². The molecular formula is C20H21NO3. The van der Waals surface area contributed by atoms with E-state index in [4.69, 9.17) is 9.47 Å². The molecule has 4 heteroatoms. The quantitative estimate of drug-likeness (QED) is 0.862. The van der Waals surface area contributed by atoms with E-state index in [2.05, 4.69) is 24.3 Å². The minimum Gasteiger partial charge on any atom is -0.454 e. The number of amides is 1. The summed E-state index contributed by atoms with van der Waals surface area (Å²) in [5, 5.41) is 0. The molecule has 0 spiro atoms. The third-order valence-electron chi connectivity index (χ3n) is 4.75. The van der Waals surface area contributed by atoms with Crippen LogP contribution in [-0.4, -0.2) is 30.7 Å². The van der Waals surface area contributed by atoms with Crippen LogP contribution in [0.4, 0.5) is 0 Å². The molecule has 1 amide bonds. The summed E-state index contributed by atoms with van der Waals surface area (Å²) in [7, 11) is 0. The first kappa shape index (κ1) is 15.1. The summed E-state index contributed by atoms with van der Waals surface area (Å²) in [4.78, 5) is 14.1. The first-order valence-corrected chi connectivity index (χ1v) is 8.56. The van der Waals surface area contributed by atoms with Gasteiger partial charge in [-0.05, 0) is 48.1 Å². The standard InChI is InChI=1S/C20H21NO3/c22-20(21-11-1-2-12-21)10-5-15-3-6-16(7-4-15)17-8-9-18-19(13-17)24-14-23-18/h3-4,6-9,13H,1-2,5,10-12,14H2. The van der Waals surface area contributed by atoms with E-state index < -0.39 is 0 Å². The molecule has 2 aromatic rings. The molecule has 4 rings (SSSR count). The Morgan fingerprint density at radius 2 is 1.62 bits per heavy atom. The zero-order valence-corrected chi connectivity index (χ0v) is 13.7. The summed E-state index contributed by atoms with van der Waals surface area (Å²) >= 11 is 0. The van der Waals surface area contributed by atoms with Gasteiger partial charge in [0.25, 0.3) is 0 Å². The highest BCUT2D eigenvalue weighted by atomic mass is 16.7. The van der Waals surface area contributed by atoms with Crippen molar-refractivity contribution in [3.05, 3.63) is 48.0 Å². The lowest BCUT2D eigenvalue weighted by molar-refractivity contribution is -0.130. The van der Waals surface area contributed by atoms with Gasteiger partial charge >= 0.3 is 0 Å². The van der Waals surface area contributed by atoms with Crippen molar-refractivity contribution in [1.29, 1.82) is 0 Å². The van der Waals surface area contributed by atoms with E-state index in [0.29, 0.717) is 13.2 Å². The summed E-state index contributed by atoms with van der Waals surface area (Å²) in [5.41, 5.74) is 3.45. The predicted octanol–water partition coefficient (Wildman–Crippen LogP) is 3.64. The second-order valence-electron chi connectivity index (χ2n) is 6.35. The molecule has 0 saturated carbocycles. The fraction of sp³-hybridized carbons (Fsp3) is 0.350. The van der Waals surface area contributed by atoms with Gasteiger partial charge in [-0.2, -0.15) is 0 Å². The molecule has 1 fully saturated rings. The average molecular weight is 323 g/mol. The summed E-state index contributed by atoms with van der Waals surface area (Å²) in [6, 6.07) is 14.4. The smallest absolute Gasteiger partial charge is 0.231 e. The molecule has 2 aromatic carbocycles. The van der Waals surface area contributed by atoms with Gasteiger partial charge in [0, 0.05) is 19.5 Å². The molecule has 24 heavy (non-hydrogen) atoms. The van der Waals surface area contributed by atoms with Crippen molar-refractivity contribution in [2.24, 2.45) is 0 Å². The molecule has 0 aliphatic carbocycles. The molecule has 1 saturated heterocycles. The monoisotopic (exact) mass is 323 g/mol. The van der Waals surface area contributed by atoms with E-state index in [0.717, 1.165) is 55.0 Å². The molecule has 124 valence electrons. The van der Waals surface area contributed by atoms with Gasteiger partial charge in [0.1, 0.15) is 0 Å². The first-order chi connectivity index (χ1) is 11.8. The molecule has 0 N–H and O–H groups in total. The lowest BCUT2D eigenvalue weighted by Crippen LogP contribution is -2.27. The first-order valence-electron chi connectivity index (χ1n) is 8.56. The Balaban J connectivity index is 1.40. The van der Waals surface area contributed by atoms with Gasteiger partial charge in [0.05, 0.1) is 0 Å². The number of likely N-dealkylation sites (tertiary alicyclic amines) is 1. The van der Waals surface area contributed by atoms with Crippen LogP contribution < -0.4 is 9.47 Å². The number of hydrogen-bond acceptors (Lipinski definition) is 3. The van der Waals surface area contributed by atoms with Crippen LogP contribution in [0.5, 0.6) is 11.5 Å². The fourth-order valence-corrected chi connectivity index (χ4v) is 3.32. The molecule has 0 bridgehead atoms. The summed E-state index contributed by atoms with van der Waals surface area (Å²) in [6.45, 7) is 2.16. The van der Waals surface area contributed by atoms with Crippen LogP contribution in [0.15, 0.2) is 42.5 Å². The average Bonchev–Trinajstić information content (AvgIpc) is 3.31. The molecule has 4 nitrogen and oxygen atoms in total. The summed E-state index contributed by atoms with van der Waals surface area (Å²) in [5.74, 6) is 1.89. The normalized spacial score (nSPS) is 15.8. The van der Waals surface area contributed by atoms with Crippen molar-refractivity contribution in [3.63, 3.8) is 0 Å². The van der Waals surface area contributed by atoms with E-state index >= 15 is 0 Å². The number of hydrogen-bond donors (Lipinski definition) is 0. The van der Waals surface area contributed by atoms with Crippen molar-refractivity contribution in [2.45, 2.75) is 25.7 Å². The zero-order chi connectivity index (χ0) is 16.4. The Kier molecular flexibility index (Phi) is 4.11. The molecule has 0 aromatic heterocycles. The molecule has 0 atom stereocenters. The summed E-state index contributed by atoms with van der Waals surface area (Å²) in [6.07, 6.45) is 3.70. The summed E-state index contributed by atoms with van der Waals surface area (Å²) < 4.78 is 10.8. The number of ether oxygens (including phenoxy) is 2. The van der Waals surface area contributed by atoms with Gasteiger partial charge in [0.2, 0.25) is 12.7 Å². The van der Waals surface area contributed by atoms with Crippen LogP contribution in [-0.2, 0) is 11.2 Å².